The highest BCUT2D eigenvalue weighted by Crippen LogP contribution is 2.23. The van der Waals surface area contributed by atoms with Gasteiger partial charge in [0.2, 0.25) is 0 Å². The predicted molar refractivity (Wildman–Crippen MR) is 66.6 cm³/mol. The van der Waals surface area contributed by atoms with E-state index in [0.29, 0.717) is 0 Å². The van der Waals surface area contributed by atoms with Crippen molar-refractivity contribution < 1.29 is 0 Å². The molecular formula is C13H22N4. The van der Waals surface area contributed by atoms with Crippen molar-refractivity contribution in [3.05, 3.63) is 11.6 Å². The Balaban J connectivity index is 1.52. The molecule has 4 heteroatoms. The summed E-state index contributed by atoms with van der Waals surface area (Å²) in [5.41, 5.74) is 0. The molecule has 0 unspecified atom stereocenters. The number of aromatic nitrogens is 3. The van der Waals surface area contributed by atoms with Crippen molar-refractivity contribution in [2.24, 2.45) is 5.92 Å². The van der Waals surface area contributed by atoms with Gasteiger partial charge in [-0.3, -0.25) is 0 Å². The molecule has 2 aliphatic rings. The van der Waals surface area contributed by atoms with Crippen molar-refractivity contribution in [2.45, 2.75) is 58.0 Å². The van der Waals surface area contributed by atoms with Gasteiger partial charge in [-0.25, -0.2) is 0 Å². The lowest BCUT2D eigenvalue weighted by molar-refractivity contribution is 0.463. The number of aryl methyl sites for hydroxylation is 1. The van der Waals surface area contributed by atoms with Gasteiger partial charge in [-0.05, 0) is 38.1 Å². The number of nitrogens with zero attached hydrogens (tertiary/aromatic N) is 3. The zero-order valence-corrected chi connectivity index (χ0v) is 10.5. The molecule has 4 nitrogen and oxygen atoms in total. The molecule has 0 amide bonds. The smallest absolute Gasteiger partial charge is 0.147 e. The molecule has 1 saturated carbocycles. The fourth-order valence-corrected chi connectivity index (χ4v) is 3.10. The molecule has 1 aromatic rings. The van der Waals surface area contributed by atoms with Crippen LogP contribution in [0, 0.1) is 5.92 Å². The van der Waals surface area contributed by atoms with Crippen LogP contribution >= 0.6 is 0 Å². The van der Waals surface area contributed by atoms with Crippen molar-refractivity contribution in [3.63, 3.8) is 0 Å². The van der Waals surface area contributed by atoms with Crippen molar-refractivity contribution in [3.8, 4) is 0 Å². The summed E-state index contributed by atoms with van der Waals surface area (Å²) >= 11 is 0. The number of fused-ring (bicyclic) bond motifs is 1. The lowest BCUT2D eigenvalue weighted by atomic mass is 10.1. The Morgan fingerprint density at radius 1 is 1.12 bits per heavy atom. The largest absolute Gasteiger partial charge is 0.314 e. The Bertz CT molecular complexity index is 365. The molecule has 94 valence electrons. The first-order valence-electron chi connectivity index (χ1n) is 7.05. The minimum absolute atomic E-state index is 0.892. The molecule has 17 heavy (non-hydrogen) atoms. The predicted octanol–water partition coefficient (Wildman–Crippen LogP) is 1.89. The van der Waals surface area contributed by atoms with E-state index >= 15 is 0 Å². The van der Waals surface area contributed by atoms with Crippen LogP contribution in [0.2, 0.25) is 0 Å². The van der Waals surface area contributed by atoms with E-state index in [2.05, 4.69) is 20.1 Å². The maximum absolute atomic E-state index is 4.31. The second-order valence-corrected chi connectivity index (χ2v) is 5.42. The summed E-state index contributed by atoms with van der Waals surface area (Å²) < 4.78 is 2.31. The molecule has 2 heterocycles. The van der Waals surface area contributed by atoms with Crippen LogP contribution in [0.25, 0.3) is 0 Å². The van der Waals surface area contributed by atoms with Crippen molar-refractivity contribution in [1.29, 1.82) is 0 Å². The number of nitrogens with one attached hydrogen (secondary N) is 1. The summed E-state index contributed by atoms with van der Waals surface area (Å²) in [6.07, 6.45) is 9.32. The second-order valence-electron chi connectivity index (χ2n) is 5.42. The Kier molecular flexibility index (Phi) is 3.41. The molecule has 0 bridgehead atoms. The lowest BCUT2D eigenvalue weighted by Gasteiger charge is -2.15. The van der Waals surface area contributed by atoms with E-state index in [-0.39, 0.29) is 0 Å². The van der Waals surface area contributed by atoms with Crippen LogP contribution in [0.3, 0.4) is 0 Å². The van der Waals surface area contributed by atoms with Crippen molar-refractivity contribution in [2.75, 3.05) is 6.54 Å². The monoisotopic (exact) mass is 234 g/mol. The first-order valence-corrected chi connectivity index (χ1v) is 7.05. The molecule has 0 atom stereocenters. The Morgan fingerprint density at radius 2 is 2.00 bits per heavy atom. The first-order chi connectivity index (χ1) is 8.43. The third kappa shape index (κ3) is 2.51. The van der Waals surface area contributed by atoms with E-state index in [9.17, 15) is 0 Å². The molecule has 0 saturated heterocycles. The fourth-order valence-electron chi connectivity index (χ4n) is 3.10. The van der Waals surface area contributed by atoms with Crippen LogP contribution in [0.4, 0.5) is 0 Å². The van der Waals surface area contributed by atoms with Gasteiger partial charge < -0.3 is 9.88 Å². The third-order valence-electron chi connectivity index (χ3n) is 4.13. The molecule has 1 aliphatic carbocycles. The van der Waals surface area contributed by atoms with E-state index in [0.717, 1.165) is 37.8 Å². The van der Waals surface area contributed by atoms with Crippen LogP contribution in [0.5, 0.6) is 0 Å². The van der Waals surface area contributed by atoms with Crippen LogP contribution in [-0.4, -0.2) is 21.3 Å². The summed E-state index contributed by atoms with van der Waals surface area (Å²) in [6.45, 7) is 3.16. The van der Waals surface area contributed by atoms with Gasteiger partial charge in [0.1, 0.15) is 11.6 Å². The number of hydrogen-bond donors (Lipinski definition) is 1. The summed E-state index contributed by atoms with van der Waals surface area (Å²) in [5.74, 6) is 3.23. The quantitative estimate of drug-likeness (QED) is 0.865. The van der Waals surface area contributed by atoms with Gasteiger partial charge in [0.15, 0.2) is 0 Å². The van der Waals surface area contributed by atoms with Gasteiger partial charge in [-0.2, -0.15) is 0 Å². The molecule has 3 rings (SSSR count). The van der Waals surface area contributed by atoms with E-state index in [1.165, 1.54) is 44.3 Å². The zero-order valence-electron chi connectivity index (χ0n) is 10.5. The maximum atomic E-state index is 4.31. The number of rotatable bonds is 4. The third-order valence-corrected chi connectivity index (χ3v) is 4.13. The van der Waals surface area contributed by atoms with Crippen LogP contribution in [0.15, 0.2) is 0 Å². The molecule has 0 aromatic carbocycles. The highest BCUT2D eigenvalue weighted by molar-refractivity contribution is 4.98. The zero-order chi connectivity index (χ0) is 11.5. The average Bonchev–Trinajstić information content (AvgIpc) is 2.99. The van der Waals surface area contributed by atoms with E-state index < -0.39 is 0 Å². The lowest BCUT2D eigenvalue weighted by Crippen LogP contribution is -2.24. The SMILES string of the molecule is C1CCn2c(nnc2CNCC2CCCC2)C1. The Morgan fingerprint density at radius 3 is 2.88 bits per heavy atom. The van der Waals surface area contributed by atoms with E-state index in [1.807, 2.05) is 0 Å². The van der Waals surface area contributed by atoms with Gasteiger partial charge >= 0.3 is 0 Å². The summed E-state index contributed by atoms with van der Waals surface area (Å²) in [4.78, 5) is 0. The van der Waals surface area contributed by atoms with E-state index in [1.54, 1.807) is 0 Å². The average molecular weight is 234 g/mol. The minimum Gasteiger partial charge on any atom is -0.314 e. The first kappa shape index (κ1) is 11.2. The summed E-state index contributed by atoms with van der Waals surface area (Å²) in [6, 6.07) is 0. The van der Waals surface area contributed by atoms with Gasteiger partial charge in [0.05, 0.1) is 6.54 Å². The topological polar surface area (TPSA) is 42.7 Å². The fraction of sp³-hybridized carbons (Fsp3) is 0.846. The molecule has 0 spiro atoms. The van der Waals surface area contributed by atoms with E-state index in [4.69, 9.17) is 0 Å². The Labute approximate surface area is 103 Å². The normalized spacial score (nSPS) is 20.7. The van der Waals surface area contributed by atoms with Crippen molar-refractivity contribution in [1.82, 2.24) is 20.1 Å². The van der Waals surface area contributed by atoms with Crippen LogP contribution < -0.4 is 5.32 Å². The highest BCUT2D eigenvalue weighted by atomic mass is 15.3. The molecular weight excluding hydrogens is 212 g/mol. The summed E-state index contributed by atoms with van der Waals surface area (Å²) in [7, 11) is 0. The minimum atomic E-state index is 0.892. The second kappa shape index (κ2) is 5.17. The van der Waals surface area contributed by atoms with Gasteiger partial charge in [-0.15, -0.1) is 10.2 Å². The molecule has 1 N–H and O–H groups in total. The molecule has 1 aromatic heterocycles. The van der Waals surface area contributed by atoms with Crippen molar-refractivity contribution >= 4 is 0 Å². The van der Waals surface area contributed by atoms with Crippen LogP contribution in [-0.2, 0) is 19.5 Å². The number of hydrogen-bond acceptors (Lipinski definition) is 3. The van der Waals surface area contributed by atoms with Crippen LogP contribution in [0.1, 0.15) is 50.2 Å². The molecule has 0 radical (unpaired) electrons. The highest BCUT2D eigenvalue weighted by Gasteiger charge is 2.17. The van der Waals surface area contributed by atoms with Gasteiger partial charge in [0.25, 0.3) is 0 Å². The van der Waals surface area contributed by atoms with Gasteiger partial charge in [-0.1, -0.05) is 12.8 Å². The standard InChI is InChI=1S/C13H22N4/c1-2-6-11(5-1)9-14-10-13-16-15-12-7-3-4-8-17(12)13/h11,14H,1-10H2. The molecule has 1 fully saturated rings. The molecule has 1 aliphatic heterocycles. The Hall–Kier alpha value is -0.900. The summed E-state index contributed by atoms with van der Waals surface area (Å²) in [5, 5.41) is 12.1. The maximum Gasteiger partial charge on any atom is 0.147 e. The van der Waals surface area contributed by atoms with Gasteiger partial charge in [0, 0.05) is 13.0 Å².